The average Bonchev–Trinajstić information content (AvgIpc) is 3.02. The molecule has 0 saturated carbocycles. The second-order valence-corrected chi connectivity index (χ2v) is 4.97. The van der Waals surface area contributed by atoms with Gasteiger partial charge in [0.1, 0.15) is 11.9 Å². The van der Waals surface area contributed by atoms with Crippen LogP contribution in [0.15, 0.2) is 36.9 Å². The molecule has 9 heteroatoms. The maximum atomic E-state index is 10.8. The fourth-order valence-corrected chi connectivity index (χ4v) is 2.11. The number of aryl methyl sites for hydroxylation is 2. The summed E-state index contributed by atoms with van der Waals surface area (Å²) >= 11 is 0. The smallest absolute Gasteiger partial charge is 0.382 e. The van der Waals surface area contributed by atoms with Gasteiger partial charge in [0.25, 0.3) is 5.88 Å². The SMILES string of the molecule is CCc1nc([N+](=O)[O-])cnc1Oc1ccnc(-c2cnn(C)c2)c1. The molecule has 0 aliphatic carbocycles. The van der Waals surface area contributed by atoms with E-state index in [1.165, 1.54) is 0 Å². The molecule has 122 valence electrons. The maximum absolute atomic E-state index is 10.8. The van der Waals surface area contributed by atoms with Crippen LogP contribution in [0.25, 0.3) is 11.3 Å². The average molecular weight is 326 g/mol. The Morgan fingerprint density at radius 1 is 1.33 bits per heavy atom. The fourth-order valence-electron chi connectivity index (χ4n) is 2.11. The van der Waals surface area contributed by atoms with Crippen LogP contribution in [0.1, 0.15) is 12.6 Å². The van der Waals surface area contributed by atoms with Crippen LogP contribution in [-0.4, -0.2) is 29.7 Å². The van der Waals surface area contributed by atoms with Gasteiger partial charge in [-0.05, 0) is 16.0 Å². The Labute approximate surface area is 137 Å². The molecule has 3 aromatic heterocycles. The Morgan fingerprint density at radius 2 is 2.17 bits per heavy atom. The lowest BCUT2D eigenvalue weighted by Gasteiger charge is -2.06. The molecule has 3 aromatic rings. The van der Waals surface area contributed by atoms with Gasteiger partial charge in [-0.15, -0.1) is 0 Å². The van der Waals surface area contributed by atoms with Crippen molar-refractivity contribution in [3.05, 3.63) is 52.7 Å². The summed E-state index contributed by atoms with van der Waals surface area (Å²) in [7, 11) is 1.82. The van der Waals surface area contributed by atoms with Crippen LogP contribution in [0.5, 0.6) is 11.6 Å². The molecule has 0 saturated heterocycles. The highest BCUT2D eigenvalue weighted by atomic mass is 16.6. The van der Waals surface area contributed by atoms with Crippen LogP contribution in [0.4, 0.5) is 5.82 Å². The number of pyridine rings is 1. The van der Waals surface area contributed by atoms with E-state index in [0.717, 1.165) is 11.8 Å². The molecule has 0 unspecified atom stereocenters. The maximum Gasteiger partial charge on any atom is 0.382 e. The number of nitrogens with zero attached hydrogens (tertiary/aromatic N) is 6. The lowest BCUT2D eigenvalue weighted by atomic mass is 10.2. The lowest BCUT2D eigenvalue weighted by Crippen LogP contribution is -2.01. The molecule has 0 spiro atoms. The summed E-state index contributed by atoms with van der Waals surface area (Å²) in [6, 6.07) is 3.43. The van der Waals surface area contributed by atoms with E-state index in [0.29, 0.717) is 23.6 Å². The molecule has 0 aliphatic heterocycles. The van der Waals surface area contributed by atoms with Gasteiger partial charge in [0, 0.05) is 37.5 Å². The zero-order valence-corrected chi connectivity index (χ0v) is 13.1. The molecule has 9 nitrogen and oxygen atoms in total. The Hall–Kier alpha value is -3.36. The zero-order chi connectivity index (χ0) is 17.1. The minimum atomic E-state index is -0.580. The van der Waals surface area contributed by atoms with E-state index in [2.05, 4.69) is 20.1 Å². The van der Waals surface area contributed by atoms with Crippen molar-refractivity contribution in [3.63, 3.8) is 0 Å². The first kappa shape index (κ1) is 15.5. The molecule has 3 heterocycles. The van der Waals surface area contributed by atoms with Crippen molar-refractivity contribution in [2.24, 2.45) is 7.05 Å². The second kappa shape index (κ2) is 6.41. The zero-order valence-electron chi connectivity index (χ0n) is 13.1. The molecule has 0 N–H and O–H groups in total. The molecular weight excluding hydrogens is 312 g/mol. The van der Waals surface area contributed by atoms with Crippen molar-refractivity contribution in [3.8, 4) is 22.9 Å². The van der Waals surface area contributed by atoms with Crippen molar-refractivity contribution in [1.82, 2.24) is 24.7 Å². The number of nitro groups is 1. The third kappa shape index (κ3) is 3.19. The molecule has 0 aromatic carbocycles. The quantitative estimate of drug-likeness (QED) is 0.523. The number of hydrogen-bond acceptors (Lipinski definition) is 7. The van der Waals surface area contributed by atoms with E-state index in [1.807, 2.05) is 20.2 Å². The van der Waals surface area contributed by atoms with Crippen molar-refractivity contribution in [1.29, 1.82) is 0 Å². The summed E-state index contributed by atoms with van der Waals surface area (Å²) in [5.41, 5.74) is 1.98. The standard InChI is InChI=1S/C15H14N6O3/c1-3-12-15(17-8-14(19-12)21(22)23)24-11-4-5-16-13(6-11)10-7-18-20(2)9-10/h4-9H,3H2,1-2H3. The van der Waals surface area contributed by atoms with Crippen LogP contribution in [-0.2, 0) is 13.5 Å². The summed E-state index contributed by atoms with van der Waals surface area (Å²) in [5.74, 6) is 0.457. The summed E-state index contributed by atoms with van der Waals surface area (Å²) in [6.07, 6.45) is 6.70. The van der Waals surface area contributed by atoms with Gasteiger partial charge in [-0.2, -0.15) is 5.10 Å². The van der Waals surface area contributed by atoms with Gasteiger partial charge in [-0.25, -0.2) is 4.98 Å². The van der Waals surface area contributed by atoms with Crippen molar-refractivity contribution in [2.45, 2.75) is 13.3 Å². The van der Waals surface area contributed by atoms with Gasteiger partial charge in [-0.1, -0.05) is 6.92 Å². The Bertz CT molecular complexity index is 892. The highest BCUT2D eigenvalue weighted by molar-refractivity contribution is 5.58. The lowest BCUT2D eigenvalue weighted by molar-refractivity contribution is -0.390. The number of rotatable bonds is 5. The van der Waals surface area contributed by atoms with E-state index in [1.54, 1.807) is 29.2 Å². The minimum absolute atomic E-state index is 0.242. The molecule has 0 radical (unpaired) electrons. The molecule has 0 amide bonds. The van der Waals surface area contributed by atoms with Gasteiger partial charge in [-0.3, -0.25) is 9.67 Å². The highest BCUT2D eigenvalue weighted by Crippen LogP contribution is 2.26. The van der Waals surface area contributed by atoms with Crippen molar-refractivity contribution >= 4 is 5.82 Å². The van der Waals surface area contributed by atoms with E-state index >= 15 is 0 Å². The first-order chi connectivity index (χ1) is 11.6. The topological polar surface area (TPSA) is 109 Å². The third-order valence-electron chi connectivity index (χ3n) is 3.26. The Kier molecular flexibility index (Phi) is 4.15. The second-order valence-electron chi connectivity index (χ2n) is 4.97. The summed E-state index contributed by atoms with van der Waals surface area (Å²) in [5, 5.41) is 14.9. The monoisotopic (exact) mass is 326 g/mol. The highest BCUT2D eigenvalue weighted by Gasteiger charge is 2.17. The summed E-state index contributed by atoms with van der Waals surface area (Å²) < 4.78 is 7.42. The fraction of sp³-hybridized carbons (Fsp3) is 0.200. The minimum Gasteiger partial charge on any atom is -0.436 e. The number of aromatic nitrogens is 5. The summed E-state index contributed by atoms with van der Waals surface area (Å²) in [4.78, 5) is 22.5. The van der Waals surface area contributed by atoms with Crippen LogP contribution >= 0.6 is 0 Å². The predicted molar refractivity (Wildman–Crippen MR) is 84.6 cm³/mol. The van der Waals surface area contributed by atoms with Crippen molar-refractivity contribution in [2.75, 3.05) is 0 Å². The van der Waals surface area contributed by atoms with Crippen LogP contribution in [0.3, 0.4) is 0 Å². The number of hydrogen-bond donors (Lipinski definition) is 0. The first-order valence-electron chi connectivity index (χ1n) is 7.20. The molecule has 0 bridgehead atoms. The Balaban J connectivity index is 1.90. The molecule has 3 rings (SSSR count). The van der Waals surface area contributed by atoms with Crippen LogP contribution in [0, 0.1) is 10.1 Å². The molecular formula is C15H14N6O3. The van der Waals surface area contributed by atoms with E-state index in [9.17, 15) is 10.1 Å². The van der Waals surface area contributed by atoms with E-state index in [-0.39, 0.29) is 11.7 Å². The first-order valence-corrected chi connectivity index (χ1v) is 7.20. The normalized spacial score (nSPS) is 10.6. The van der Waals surface area contributed by atoms with E-state index in [4.69, 9.17) is 4.74 Å². The van der Waals surface area contributed by atoms with Gasteiger partial charge in [0.05, 0.1) is 11.9 Å². The van der Waals surface area contributed by atoms with Crippen LogP contribution in [0.2, 0.25) is 0 Å². The Morgan fingerprint density at radius 3 is 2.83 bits per heavy atom. The van der Waals surface area contributed by atoms with Gasteiger partial charge >= 0.3 is 5.82 Å². The molecule has 24 heavy (non-hydrogen) atoms. The molecule has 0 atom stereocenters. The molecule has 0 fully saturated rings. The third-order valence-corrected chi connectivity index (χ3v) is 3.26. The van der Waals surface area contributed by atoms with Gasteiger partial charge < -0.3 is 14.9 Å². The summed E-state index contributed by atoms with van der Waals surface area (Å²) in [6.45, 7) is 1.83. The predicted octanol–water partition coefficient (Wildman–Crippen LogP) is 2.54. The number of ether oxygens (including phenoxy) is 1. The molecule has 0 aliphatic rings. The van der Waals surface area contributed by atoms with Gasteiger partial charge in [0.2, 0.25) is 5.69 Å². The van der Waals surface area contributed by atoms with E-state index < -0.39 is 4.92 Å². The van der Waals surface area contributed by atoms with Gasteiger partial charge in [0.15, 0.2) is 0 Å². The van der Waals surface area contributed by atoms with Crippen LogP contribution < -0.4 is 4.74 Å². The van der Waals surface area contributed by atoms with Crippen molar-refractivity contribution < 1.29 is 9.66 Å². The largest absolute Gasteiger partial charge is 0.436 e.